The van der Waals surface area contributed by atoms with E-state index in [9.17, 15) is 22.8 Å². The maximum Gasteiger partial charge on any atom is 0.306 e. The van der Waals surface area contributed by atoms with Gasteiger partial charge in [0.1, 0.15) is 5.75 Å². The van der Waals surface area contributed by atoms with Gasteiger partial charge in [0.25, 0.3) is 5.91 Å². The molecule has 0 aliphatic carbocycles. The van der Waals surface area contributed by atoms with Gasteiger partial charge < -0.3 is 14.4 Å². The molecule has 0 N–H and O–H groups in total. The smallest absolute Gasteiger partial charge is 0.306 e. The summed E-state index contributed by atoms with van der Waals surface area (Å²) in [6.07, 6.45) is 1.12. The van der Waals surface area contributed by atoms with E-state index in [2.05, 4.69) is 0 Å². The Morgan fingerprint density at radius 2 is 1.81 bits per heavy atom. The number of rotatable bonds is 12. The number of hydrogen-bond donors (Lipinski definition) is 0. The van der Waals surface area contributed by atoms with Crippen molar-refractivity contribution in [2.45, 2.75) is 52.5 Å². The first-order chi connectivity index (χ1) is 15.1. The molecule has 1 atom stereocenters. The molecule has 1 fully saturated rings. The number of amides is 1. The lowest BCUT2D eigenvalue weighted by Crippen LogP contribution is -2.45. The van der Waals surface area contributed by atoms with Crippen LogP contribution in [-0.2, 0) is 24.2 Å². The summed E-state index contributed by atoms with van der Waals surface area (Å²) in [5.41, 5.74) is 0.475. The van der Waals surface area contributed by atoms with E-state index in [1.807, 2.05) is 20.8 Å². The number of ketones is 1. The van der Waals surface area contributed by atoms with E-state index in [4.69, 9.17) is 9.47 Å². The molecule has 0 aromatic heterocycles. The maximum atomic E-state index is 12.6. The normalized spacial score (nSPS) is 17.2. The van der Waals surface area contributed by atoms with E-state index in [-0.39, 0.29) is 42.1 Å². The molecule has 0 spiro atoms. The molecule has 1 heterocycles. The van der Waals surface area contributed by atoms with Crippen molar-refractivity contribution in [3.8, 4) is 5.75 Å². The molecule has 0 bridgehead atoms. The Hall–Kier alpha value is -2.42. The van der Waals surface area contributed by atoms with Gasteiger partial charge in [0.05, 0.1) is 24.5 Å². The Morgan fingerprint density at radius 1 is 1.12 bits per heavy atom. The Labute approximate surface area is 190 Å². The van der Waals surface area contributed by atoms with Gasteiger partial charge in [0.2, 0.25) is 0 Å². The van der Waals surface area contributed by atoms with Crippen LogP contribution in [0.4, 0.5) is 0 Å². The van der Waals surface area contributed by atoms with Crippen molar-refractivity contribution >= 4 is 27.5 Å². The van der Waals surface area contributed by atoms with Crippen molar-refractivity contribution in [2.24, 2.45) is 5.92 Å². The number of carbonyl (C=O) groups is 3. The third-order valence-electron chi connectivity index (χ3n) is 5.09. The van der Waals surface area contributed by atoms with Gasteiger partial charge in [-0.25, -0.2) is 8.42 Å². The minimum Gasteiger partial charge on any atom is -0.494 e. The second-order valence-electron chi connectivity index (χ2n) is 8.45. The maximum absolute atomic E-state index is 12.6. The van der Waals surface area contributed by atoms with E-state index in [1.54, 1.807) is 24.3 Å². The number of carbonyl (C=O) groups excluding carboxylic acids is 3. The van der Waals surface area contributed by atoms with Crippen LogP contribution in [0.3, 0.4) is 0 Å². The van der Waals surface area contributed by atoms with Crippen molar-refractivity contribution in [1.82, 2.24) is 4.90 Å². The Bertz CT molecular complexity index is 893. The summed E-state index contributed by atoms with van der Waals surface area (Å²) in [5.74, 6) is -0.422. The Balaban J connectivity index is 1.81. The van der Waals surface area contributed by atoms with Gasteiger partial charge in [0.15, 0.2) is 22.2 Å². The van der Waals surface area contributed by atoms with Crippen LogP contribution in [0.15, 0.2) is 24.3 Å². The van der Waals surface area contributed by atoms with Crippen LogP contribution in [0, 0.1) is 5.92 Å². The Morgan fingerprint density at radius 3 is 2.38 bits per heavy atom. The van der Waals surface area contributed by atoms with Crippen molar-refractivity contribution in [3.05, 3.63) is 29.8 Å². The molecule has 178 valence electrons. The summed E-state index contributed by atoms with van der Waals surface area (Å²) >= 11 is 0. The molecule has 1 amide bonds. The molecule has 0 saturated carbocycles. The van der Waals surface area contributed by atoms with E-state index >= 15 is 0 Å². The van der Waals surface area contributed by atoms with Gasteiger partial charge >= 0.3 is 5.97 Å². The molecule has 1 aromatic carbocycles. The highest BCUT2D eigenvalue weighted by Crippen LogP contribution is 2.19. The molecule has 32 heavy (non-hydrogen) atoms. The second-order valence-corrected chi connectivity index (χ2v) is 10.7. The van der Waals surface area contributed by atoms with Gasteiger partial charge in [-0.3, -0.25) is 14.4 Å². The van der Waals surface area contributed by atoms with Crippen LogP contribution < -0.4 is 4.74 Å². The summed E-state index contributed by atoms with van der Waals surface area (Å²) in [5, 5.41) is 0. The molecule has 1 aliphatic heterocycles. The lowest BCUT2D eigenvalue weighted by molar-refractivity contribution is -0.153. The summed E-state index contributed by atoms with van der Waals surface area (Å²) < 4.78 is 34.1. The average Bonchev–Trinajstić information content (AvgIpc) is 3.12. The standard InChI is InChI=1S/C23H33NO7S/c1-4-12-30-20-7-5-18(6-8-20)21(25)9-10-23(27)31-15-22(26)24(14-17(2)3)19-11-13-32(28,29)16-19/h5-8,17,19H,4,9-16H2,1-3H3. The van der Waals surface area contributed by atoms with Crippen LogP contribution in [0.2, 0.25) is 0 Å². The van der Waals surface area contributed by atoms with E-state index < -0.39 is 28.3 Å². The summed E-state index contributed by atoms with van der Waals surface area (Å²) in [6, 6.07) is 6.35. The van der Waals surface area contributed by atoms with Crippen LogP contribution in [0.1, 0.15) is 56.8 Å². The quantitative estimate of drug-likeness (QED) is 0.343. The van der Waals surface area contributed by atoms with E-state index in [0.29, 0.717) is 30.9 Å². The fraction of sp³-hybridized carbons (Fsp3) is 0.609. The monoisotopic (exact) mass is 467 g/mol. The lowest BCUT2D eigenvalue weighted by atomic mass is 10.1. The predicted octanol–water partition coefficient (Wildman–Crippen LogP) is 2.65. The molecule has 1 aromatic rings. The molecule has 1 saturated heterocycles. The second kappa shape index (κ2) is 12.0. The van der Waals surface area contributed by atoms with Gasteiger partial charge in [-0.05, 0) is 43.0 Å². The summed E-state index contributed by atoms with van der Waals surface area (Å²) in [6.45, 7) is 6.41. The molecule has 9 heteroatoms. The number of Topliss-reactive ketones (excluding diaryl/α,β-unsaturated/α-hetero) is 1. The molecule has 1 aliphatic rings. The van der Waals surface area contributed by atoms with Crippen LogP contribution >= 0.6 is 0 Å². The average molecular weight is 468 g/mol. The van der Waals surface area contributed by atoms with E-state index in [0.717, 1.165) is 6.42 Å². The highest BCUT2D eigenvalue weighted by atomic mass is 32.2. The fourth-order valence-corrected chi connectivity index (χ4v) is 5.21. The van der Waals surface area contributed by atoms with Crippen LogP contribution in [0.25, 0.3) is 0 Å². The number of hydrogen-bond acceptors (Lipinski definition) is 7. The third-order valence-corrected chi connectivity index (χ3v) is 6.84. The molecular weight excluding hydrogens is 434 g/mol. The van der Waals surface area contributed by atoms with Crippen LogP contribution in [0.5, 0.6) is 5.75 Å². The zero-order valence-corrected chi connectivity index (χ0v) is 19.9. The zero-order valence-electron chi connectivity index (χ0n) is 19.0. The number of nitrogens with zero attached hydrogens (tertiary/aromatic N) is 1. The van der Waals surface area contributed by atoms with Crippen LogP contribution in [-0.4, -0.2) is 68.3 Å². The number of ether oxygens (including phenoxy) is 2. The SMILES string of the molecule is CCCOc1ccc(C(=O)CCC(=O)OCC(=O)N(CC(C)C)C2CCS(=O)(=O)C2)cc1. The number of benzene rings is 1. The minimum atomic E-state index is -3.14. The van der Waals surface area contributed by atoms with Crippen molar-refractivity contribution in [3.63, 3.8) is 0 Å². The summed E-state index contributed by atoms with van der Waals surface area (Å²) in [4.78, 5) is 38.5. The topological polar surface area (TPSA) is 107 Å². The first-order valence-electron chi connectivity index (χ1n) is 11.0. The Kier molecular flexibility index (Phi) is 9.68. The first-order valence-corrected chi connectivity index (χ1v) is 12.8. The fourth-order valence-electron chi connectivity index (χ4n) is 3.48. The zero-order chi connectivity index (χ0) is 23.7. The van der Waals surface area contributed by atoms with Gasteiger partial charge in [-0.15, -0.1) is 0 Å². The predicted molar refractivity (Wildman–Crippen MR) is 120 cm³/mol. The third kappa shape index (κ3) is 8.26. The summed E-state index contributed by atoms with van der Waals surface area (Å²) in [7, 11) is -3.14. The largest absolute Gasteiger partial charge is 0.494 e. The molecule has 8 nitrogen and oxygen atoms in total. The van der Waals surface area contributed by atoms with Gasteiger partial charge in [-0.1, -0.05) is 20.8 Å². The highest BCUT2D eigenvalue weighted by Gasteiger charge is 2.35. The van der Waals surface area contributed by atoms with Crippen molar-refractivity contribution in [2.75, 3.05) is 31.3 Å². The van der Waals surface area contributed by atoms with Crippen molar-refractivity contribution in [1.29, 1.82) is 0 Å². The minimum absolute atomic E-state index is 0.0290. The molecule has 2 rings (SSSR count). The molecular formula is C23H33NO7S. The van der Waals surface area contributed by atoms with E-state index in [1.165, 1.54) is 4.90 Å². The van der Waals surface area contributed by atoms with Gasteiger partial charge in [-0.2, -0.15) is 0 Å². The highest BCUT2D eigenvalue weighted by molar-refractivity contribution is 7.91. The number of sulfone groups is 1. The number of esters is 1. The lowest BCUT2D eigenvalue weighted by Gasteiger charge is -2.29. The van der Waals surface area contributed by atoms with Crippen molar-refractivity contribution < 1.29 is 32.3 Å². The molecule has 1 unspecified atom stereocenters. The first kappa shape index (κ1) is 25.8. The van der Waals surface area contributed by atoms with Gasteiger partial charge in [0, 0.05) is 24.6 Å². The molecule has 0 radical (unpaired) electrons.